The highest BCUT2D eigenvalue weighted by Gasteiger charge is 2.25. The molecular weight excluding hydrogens is 476 g/mol. The van der Waals surface area contributed by atoms with Crippen molar-refractivity contribution < 1.29 is 19.1 Å². The van der Waals surface area contributed by atoms with Crippen LogP contribution in [0, 0.1) is 5.92 Å². The molecule has 1 aliphatic rings. The molecule has 0 bridgehead atoms. The quantitative estimate of drug-likeness (QED) is 0.400. The monoisotopic (exact) mass is 506 g/mol. The number of ether oxygens (including phenoxy) is 2. The molecule has 2 atom stereocenters. The van der Waals surface area contributed by atoms with E-state index in [0.29, 0.717) is 29.5 Å². The summed E-state index contributed by atoms with van der Waals surface area (Å²) in [6.45, 7) is 5.33. The van der Waals surface area contributed by atoms with Gasteiger partial charge in [0.15, 0.2) is 11.5 Å². The van der Waals surface area contributed by atoms with Crippen LogP contribution in [0.1, 0.15) is 60.3 Å². The Labute approximate surface area is 217 Å². The van der Waals surface area contributed by atoms with Crippen LogP contribution in [-0.4, -0.2) is 25.0 Å². The molecule has 36 heavy (non-hydrogen) atoms. The molecule has 1 aliphatic heterocycles. The third kappa shape index (κ3) is 6.38. The van der Waals surface area contributed by atoms with Gasteiger partial charge in [-0.2, -0.15) is 0 Å². The van der Waals surface area contributed by atoms with E-state index in [9.17, 15) is 9.59 Å². The van der Waals surface area contributed by atoms with Gasteiger partial charge in [0.25, 0.3) is 5.91 Å². The molecule has 0 fully saturated rings. The van der Waals surface area contributed by atoms with E-state index in [0.717, 1.165) is 23.3 Å². The van der Waals surface area contributed by atoms with Gasteiger partial charge in [0.1, 0.15) is 0 Å². The number of hydrogen-bond donors (Lipinski definition) is 2. The van der Waals surface area contributed by atoms with Gasteiger partial charge in [-0.3, -0.25) is 9.59 Å². The summed E-state index contributed by atoms with van der Waals surface area (Å²) in [5.74, 6) is 1.04. The lowest BCUT2D eigenvalue weighted by atomic mass is 9.94. The topological polar surface area (TPSA) is 76.7 Å². The number of halogens is 1. The van der Waals surface area contributed by atoms with Crippen molar-refractivity contribution in [2.24, 2.45) is 5.92 Å². The molecule has 3 aromatic carbocycles. The van der Waals surface area contributed by atoms with Crippen LogP contribution in [0.15, 0.2) is 72.8 Å². The average molecular weight is 507 g/mol. The van der Waals surface area contributed by atoms with Crippen LogP contribution >= 0.6 is 11.6 Å². The highest BCUT2D eigenvalue weighted by molar-refractivity contribution is 6.33. The van der Waals surface area contributed by atoms with Crippen LogP contribution in [0.4, 0.5) is 0 Å². The molecule has 6 nitrogen and oxygen atoms in total. The summed E-state index contributed by atoms with van der Waals surface area (Å²) in [5, 5.41) is 6.52. The number of fused-ring (bicyclic) bond motifs is 1. The lowest BCUT2D eigenvalue weighted by Gasteiger charge is -2.26. The van der Waals surface area contributed by atoms with Gasteiger partial charge in [0.05, 0.1) is 42.3 Å². The molecule has 2 amide bonds. The Morgan fingerprint density at radius 2 is 1.56 bits per heavy atom. The van der Waals surface area contributed by atoms with E-state index in [1.807, 2.05) is 48.5 Å². The van der Waals surface area contributed by atoms with Crippen LogP contribution in [-0.2, 0) is 4.79 Å². The van der Waals surface area contributed by atoms with E-state index in [4.69, 9.17) is 21.1 Å². The first-order chi connectivity index (χ1) is 17.4. The minimum atomic E-state index is -0.522. The van der Waals surface area contributed by atoms with Crippen LogP contribution in [0.3, 0.4) is 0 Å². The van der Waals surface area contributed by atoms with Crippen molar-refractivity contribution in [2.45, 2.75) is 38.8 Å². The average Bonchev–Trinajstić information content (AvgIpc) is 3.12. The Hall–Kier alpha value is -3.51. The summed E-state index contributed by atoms with van der Waals surface area (Å²) in [4.78, 5) is 26.3. The predicted octanol–water partition coefficient (Wildman–Crippen LogP) is 5.88. The molecular formula is C29H31ClN2O4. The van der Waals surface area contributed by atoms with Crippen molar-refractivity contribution in [1.29, 1.82) is 0 Å². The van der Waals surface area contributed by atoms with Gasteiger partial charge < -0.3 is 20.1 Å². The second-order valence-corrected chi connectivity index (χ2v) is 9.57. The maximum atomic E-state index is 13.3. The second-order valence-electron chi connectivity index (χ2n) is 9.17. The van der Waals surface area contributed by atoms with Crippen molar-refractivity contribution in [2.75, 3.05) is 13.2 Å². The van der Waals surface area contributed by atoms with Crippen LogP contribution < -0.4 is 20.1 Å². The molecule has 2 N–H and O–H groups in total. The number of amides is 2. The van der Waals surface area contributed by atoms with Crippen molar-refractivity contribution in [3.63, 3.8) is 0 Å². The minimum absolute atomic E-state index is 0.0774. The van der Waals surface area contributed by atoms with E-state index in [1.165, 1.54) is 0 Å². The Balaban J connectivity index is 1.52. The first kappa shape index (κ1) is 25.6. The number of rotatable bonds is 8. The standard InChI is InChI=1S/C29H31ClN2O4/c1-19(2)28(21-13-14-25-26(17-21)36-16-8-15-35-25)32-27(33)18-24(20-9-4-3-5-10-20)31-29(34)22-11-6-7-12-23(22)30/h3-7,9-14,17,19,24,28H,8,15-16,18H2,1-2H3,(H,31,34)(H,32,33)/t24-,28-/m1/s1. The fourth-order valence-electron chi connectivity index (χ4n) is 4.24. The molecule has 0 aromatic heterocycles. The molecule has 4 rings (SSSR count). The number of carbonyl (C=O) groups excluding carboxylic acids is 2. The third-order valence-corrected chi connectivity index (χ3v) is 6.46. The summed E-state index contributed by atoms with van der Waals surface area (Å²) in [5.41, 5.74) is 2.15. The maximum absolute atomic E-state index is 13.3. The highest BCUT2D eigenvalue weighted by atomic mass is 35.5. The summed E-state index contributed by atoms with van der Waals surface area (Å²) >= 11 is 6.23. The van der Waals surface area contributed by atoms with Gasteiger partial charge in [-0.25, -0.2) is 0 Å². The molecule has 0 spiro atoms. The molecule has 0 saturated carbocycles. The van der Waals surface area contributed by atoms with Crippen molar-refractivity contribution >= 4 is 23.4 Å². The molecule has 3 aromatic rings. The zero-order valence-corrected chi connectivity index (χ0v) is 21.3. The van der Waals surface area contributed by atoms with Gasteiger partial charge in [0.2, 0.25) is 5.91 Å². The molecule has 0 radical (unpaired) electrons. The second kappa shape index (κ2) is 12.0. The Morgan fingerprint density at radius 1 is 0.861 bits per heavy atom. The Kier molecular flexibility index (Phi) is 8.49. The number of nitrogens with one attached hydrogen (secondary N) is 2. The van der Waals surface area contributed by atoms with Gasteiger partial charge in [0, 0.05) is 6.42 Å². The van der Waals surface area contributed by atoms with E-state index < -0.39 is 6.04 Å². The van der Waals surface area contributed by atoms with Gasteiger partial charge in [-0.1, -0.05) is 74.0 Å². The maximum Gasteiger partial charge on any atom is 0.253 e. The van der Waals surface area contributed by atoms with E-state index in [2.05, 4.69) is 24.5 Å². The lowest BCUT2D eigenvalue weighted by molar-refractivity contribution is -0.122. The molecule has 0 saturated heterocycles. The third-order valence-electron chi connectivity index (χ3n) is 6.13. The first-order valence-electron chi connectivity index (χ1n) is 12.2. The SMILES string of the molecule is CC(C)[C@@H](NC(=O)C[C@@H](NC(=O)c1ccccc1Cl)c1ccccc1)c1ccc2c(c1)OCCCO2. The Bertz CT molecular complexity index is 1200. The summed E-state index contributed by atoms with van der Waals surface area (Å²) < 4.78 is 11.6. The zero-order valence-electron chi connectivity index (χ0n) is 20.5. The Morgan fingerprint density at radius 3 is 2.28 bits per heavy atom. The fraction of sp³-hybridized carbons (Fsp3) is 0.310. The van der Waals surface area contributed by atoms with E-state index in [-0.39, 0.29) is 30.2 Å². The largest absolute Gasteiger partial charge is 0.490 e. The molecule has 0 aliphatic carbocycles. The van der Waals surface area contributed by atoms with Crippen LogP contribution in [0.5, 0.6) is 11.5 Å². The van der Waals surface area contributed by atoms with Crippen LogP contribution in [0.25, 0.3) is 0 Å². The molecule has 188 valence electrons. The minimum Gasteiger partial charge on any atom is -0.490 e. The normalized spacial score (nSPS) is 14.4. The van der Waals surface area contributed by atoms with Crippen LogP contribution in [0.2, 0.25) is 5.02 Å². The highest BCUT2D eigenvalue weighted by Crippen LogP contribution is 2.34. The smallest absolute Gasteiger partial charge is 0.253 e. The van der Waals surface area contributed by atoms with Crippen molar-refractivity contribution in [1.82, 2.24) is 10.6 Å². The number of benzene rings is 3. The van der Waals surface area contributed by atoms with Gasteiger partial charge in [-0.15, -0.1) is 0 Å². The van der Waals surface area contributed by atoms with Gasteiger partial charge in [-0.05, 0) is 41.3 Å². The fourth-order valence-corrected chi connectivity index (χ4v) is 4.47. The number of carbonyl (C=O) groups is 2. The molecule has 7 heteroatoms. The first-order valence-corrected chi connectivity index (χ1v) is 12.6. The zero-order chi connectivity index (χ0) is 25.5. The summed E-state index contributed by atoms with van der Waals surface area (Å²) in [6, 6.07) is 21.4. The van der Waals surface area contributed by atoms with Crippen molar-refractivity contribution in [3.8, 4) is 11.5 Å². The number of hydrogen-bond acceptors (Lipinski definition) is 4. The van der Waals surface area contributed by atoms with E-state index >= 15 is 0 Å². The molecule has 1 heterocycles. The predicted molar refractivity (Wildman–Crippen MR) is 140 cm³/mol. The summed E-state index contributed by atoms with van der Waals surface area (Å²) in [6.07, 6.45) is 0.906. The van der Waals surface area contributed by atoms with Crippen molar-refractivity contribution in [3.05, 3.63) is 94.5 Å². The summed E-state index contributed by atoms with van der Waals surface area (Å²) in [7, 11) is 0. The lowest BCUT2D eigenvalue weighted by Crippen LogP contribution is -2.36. The van der Waals surface area contributed by atoms with Gasteiger partial charge >= 0.3 is 0 Å². The molecule has 0 unspecified atom stereocenters. The van der Waals surface area contributed by atoms with E-state index in [1.54, 1.807) is 24.3 Å².